The Bertz CT molecular complexity index is 639. The van der Waals surface area contributed by atoms with E-state index in [1.807, 2.05) is 0 Å². The van der Waals surface area contributed by atoms with Crippen LogP contribution in [-0.2, 0) is 10.0 Å². The molecule has 0 heterocycles. The highest BCUT2D eigenvalue weighted by Crippen LogP contribution is 2.30. The average molecular weight is 311 g/mol. The summed E-state index contributed by atoms with van der Waals surface area (Å²) < 4.78 is 27.2. The van der Waals surface area contributed by atoms with Crippen molar-refractivity contribution in [2.75, 3.05) is 6.54 Å². The van der Waals surface area contributed by atoms with Gasteiger partial charge in [-0.2, -0.15) is 0 Å². The molecule has 0 aromatic heterocycles. The molecule has 1 aromatic rings. The summed E-state index contributed by atoms with van der Waals surface area (Å²) in [6.07, 6.45) is 3.32. The van der Waals surface area contributed by atoms with Crippen molar-refractivity contribution in [3.63, 3.8) is 0 Å². The zero-order chi connectivity index (χ0) is 15.6. The monoisotopic (exact) mass is 311 g/mol. The van der Waals surface area contributed by atoms with E-state index in [1.54, 1.807) is 6.92 Å². The van der Waals surface area contributed by atoms with Crippen LogP contribution in [0.4, 0.5) is 0 Å². The van der Waals surface area contributed by atoms with Crippen LogP contribution in [0.15, 0.2) is 23.1 Å². The maximum Gasteiger partial charge on any atom is 0.335 e. The van der Waals surface area contributed by atoms with Crippen LogP contribution in [0.1, 0.15) is 42.1 Å². The van der Waals surface area contributed by atoms with Crippen LogP contribution < -0.4 is 4.72 Å². The lowest BCUT2D eigenvalue weighted by atomic mass is 9.99. The second kappa shape index (κ2) is 6.15. The second-order valence-corrected chi connectivity index (χ2v) is 7.57. The average Bonchev–Trinajstić information content (AvgIpc) is 2.82. The van der Waals surface area contributed by atoms with Crippen LogP contribution in [0.25, 0.3) is 0 Å². The predicted molar refractivity (Wildman–Crippen MR) is 79.8 cm³/mol. The number of aryl methyl sites for hydroxylation is 1. The minimum absolute atomic E-state index is 0.0103. The summed E-state index contributed by atoms with van der Waals surface area (Å²) in [5.74, 6) is -0.224. The number of sulfonamides is 1. The van der Waals surface area contributed by atoms with Crippen molar-refractivity contribution in [2.24, 2.45) is 11.8 Å². The first-order valence-electron chi connectivity index (χ1n) is 7.15. The van der Waals surface area contributed by atoms with E-state index < -0.39 is 16.0 Å². The summed E-state index contributed by atoms with van der Waals surface area (Å²) in [6.45, 7) is 4.20. The van der Waals surface area contributed by atoms with Gasteiger partial charge >= 0.3 is 5.97 Å². The molecule has 21 heavy (non-hydrogen) atoms. The third-order valence-electron chi connectivity index (χ3n) is 4.32. The van der Waals surface area contributed by atoms with Gasteiger partial charge in [0.15, 0.2) is 0 Å². The lowest BCUT2D eigenvalue weighted by Crippen LogP contribution is -2.30. The van der Waals surface area contributed by atoms with Crippen molar-refractivity contribution in [1.82, 2.24) is 4.72 Å². The quantitative estimate of drug-likeness (QED) is 0.874. The summed E-state index contributed by atoms with van der Waals surface area (Å²) in [4.78, 5) is 11.1. The fraction of sp³-hybridized carbons (Fsp3) is 0.533. The van der Waals surface area contributed by atoms with Gasteiger partial charge < -0.3 is 5.11 Å². The molecule has 2 N–H and O–H groups in total. The number of carboxylic acids is 1. The minimum Gasteiger partial charge on any atom is -0.478 e. The van der Waals surface area contributed by atoms with E-state index in [0.717, 1.165) is 19.3 Å². The molecule has 5 nitrogen and oxygen atoms in total. The van der Waals surface area contributed by atoms with Crippen molar-refractivity contribution in [2.45, 2.75) is 38.0 Å². The van der Waals surface area contributed by atoms with Crippen molar-refractivity contribution < 1.29 is 18.3 Å². The molecule has 2 atom stereocenters. The first-order valence-corrected chi connectivity index (χ1v) is 8.63. The van der Waals surface area contributed by atoms with Crippen LogP contribution in [0.3, 0.4) is 0 Å². The van der Waals surface area contributed by atoms with Crippen molar-refractivity contribution in [3.05, 3.63) is 29.3 Å². The smallest absolute Gasteiger partial charge is 0.335 e. The lowest BCUT2D eigenvalue weighted by Gasteiger charge is -2.16. The lowest BCUT2D eigenvalue weighted by molar-refractivity contribution is 0.0696. The molecule has 2 rings (SSSR count). The molecule has 0 aliphatic heterocycles. The Morgan fingerprint density at radius 3 is 2.67 bits per heavy atom. The molecule has 0 radical (unpaired) electrons. The third-order valence-corrected chi connectivity index (χ3v) is 5.75. The zero-order valence-corrected chi connectivity index (χ0v) is 13.1. The van der Waals surface area contributed by atoms with Gasteiger partial charge in [-0.15, -0.1) is 0 Å². The number of hydrogen-bond acceptors (Lipinski definition) is 3. The Hall–Kier alpha value is -1.40. The first kappa shape index (κ1) is 16.0. The zero-order valence-electron chi connectivity index (χ0n) is 12.3. The summed E-state index contributed by atoms with van der Waals surface area (Å²) in [5.41, 5.74) is 0.568. The van der Waals surface area contributed by atoms with Crippen molar-refractivity contribution in [3.8, 4) is 0 Å². The van der Waals surface area contributed by atoms with Gasteiger partial charge in [-0.25, -0.2) is 17.9 Å². The second-order valence-electron chi connectivity index (χ2n) is 5.80. The minimum atomic E-state index is -3.66. The van der Waals surface area contributed by atoms with E-state index in [-0.39, 0.29) is 10.5 Å². The molecule has 0 saturated heterocycles. The molecule has 0 spiro atoms. The Labute approximate surface area is 125 Å². The van der Waals surface area contributed by atoms with Gasteiger partial charge in [0.1, 0.15) is 0 Å². The van der Waals surface area contributed by atoms with Gasteiger partial charge in [-0.1, -0.05) is 25.8 Å². The van der Waals surface area contributed by atoms with Crippen LogP contribution in [-0.4, -0.2) is 26.0 Å². The molecule has 116 valence electrons. The maximum atomic E-state index is 12.3. The summed E-state index contributed by atoms with van der Waals surface area (Å²) >= 11 is 0. The van der Waals surface area contributed by atoms with Gasteiger partial charge in [0.2, 0.25) is 10.0 Å². The number of aromatic carboxylic acids is 1. The molecule has 1 aliphatic rings. The molecule has 1 aliphatic carbocycles. The molecular formula is C15H21NO4S. The van der Waals surface area contributed by atoms with Gasteiger partial charge in [0.05, 0.1) is 10.5 Å². The van der Waals surface area contributed by atoms with E-state index in [0.29, 0.717) is 23.9 Å². The maximum absolute atomic E-state index is 12.3. The highest BCUT2D eigenvalue weighted by molar-refractivity contribution is 7.89. The van der Waals surface area contributed by atoms with Gasteiger partial charge in [-0.05, 0) is 42.9 Å². The number of benzene rings is 1. The highest BCUT2D eigenvalue weighted by atomic mass is 32.2. The SMILES string of the molecule is Cc1ccc(S(=O)(=O)NCC2CCCC2C)cc1C(=O)O. The molecule has 1 fully saturated rings. The molecule has 1 saturated carbocycles. The topological polar surface area (TPSA) is 83.5 Å². The molecule has 0 amide bonds. The number of hydrogen-bond donors (Lipinski definition) is 2. The Balaban J connectivity index is 2.15. The van der Waals surface area contributed by atoms with Crippen LogP contribution in [0.5, 0.6) is 0 Å². The predicted octanol–water partition coefficient (Wildman–Crippen LogP) is 2.41. The van der Waals surface area contributed by atoms with E-state index in [1.165, 1.54) is 18.2 Å². The highest BCUT2D eigenvalue weighted by Gasteiger charge is 2.25. The van der Waals surface area contributed by atoms with E-state index >= 15 is 0 Å². The van der Waals surface area contributed by atoms with Crippen molar-refractivity contribution >= 4 is 16.0 Å². The summed E-state index contributed by atoms with van der Waals surface area (Å²) in [5, 5.41) is 9.08. The first-order chi connectivity index (χ1) is 9.81. The van der Waals surface area contributed by atoms with Gasteiger partial charge in [0, 0.05) is 6.54 Å². The fourth-order valence-corrected chi connectivity index (χ4v) is 3.94. The summed E-state index contributed by atoms with van der Waals surface area (Å²) in [6, 6.07) is 4.19. The van der Waals surface area contributed by atoms with Crippen molar-refractivity contribution in [1.29, 1.82) is 0 Å². The number of nitrogens with one attached hydrogen (secondary N) is 1. The molecular weight excluding hydrogens is 290 g/mol. The van der Waals surface area contributed by atoms with Crippen LogP contribution >= 0.6 is 0 Å². The van der Waals surface area contributed by atoms with E-state index in [9.17, 15) is 13.2 Å². The van der Waals surface area contributed by atoms with E-state index in [2.05, 4.69) is 11.6 Å². The Kier molecular flexibility index (Phi) is 4.68. The number of carbonyl (C=O) groups is 1. The fourth-order valence-electron chi connectivity index (χ4n) is 2.82. The number of carboxylic acid groups (broad SMARTS) is 1. The molecule has 0 bridgehead atoms. The normalized spacial score (nSPS) is 22.4. The van der Waals surface area contributed by atoms with E-state index in [4.69, 9.17) is 5.11 Å². The molecule has 1 aromatic carbocycles. The third kappa shape index (κ3) is 3.63. The largest absolute Gasteiger partial charge is 0.478 e. The molecule has 2 unspecified atom stereocenters. The van der Waals surface area contributed by atoms with Crippen LogP contribution in [0.2, 0.25) is 0 Å². The van der Waals surface area contributed by atoms with Gasteiger partial charge in [-0.3, -0.25) is 0 Å². The van der Waals surface area contributed by atoms with Gasteiger partial charge in [0.25, 0.3) is 0 Å². The molecule has 6 heteroatoms. The van der Waals surface area contributed by atoms with Crippen LogP contribution in [0, 0.1) is 18.8 Å². The Morgan fingerprint density at radius 2 is 2.10 bits per heavy atom. The standard InChI is InChI=1S/C15H21NO4S/c1-10-4-3-5-12(10)9-16-21(19,20)13-7-6-11(2)14(8-13)15(17)18/h6-8,10,12,16H,3-5,9H2,1-2H3,(H,17,18). The number of rotatable bonds is 5. The summed E-state index contributed by atoms with van der Waals surface area (Å²) in [7, 11) is -3.66. The Morgan fingerprint density at radius 1 is 1.38 bits per heavy atom.